The van der Waals surface area contributed by atoms with E-state index in [0.29, 0.717) is 46.6 Å². The van der Waals surface area contributed by atoms with Crippen molar-refractivity contribution >= 4 is 23.2 Å². The number of rotatable bonds is 11. The highest BCUT2D eigenvalue weighted by Crippen LogP contribution is 2.34. The van der Waals surface area contributed by atoms with Crippen LogP contribution in [0, 0.1) is 11.3 Å². The third-order valence-electron chi connectivity index (χ3n) is 5.92. The van der Waals surface area contributed by atoms with Gasteiger partial charge in [-0.25, -0.2) is 0 Å². The van der Waals surface area contributed by atoms with E-state index in [-0.39, 0.29) is 12.5 Å². The van der Waals surface area contributed by atoms with Crippen molar-refractivity contribution in [2.45, 2.75) is 19.3 Å². The number of fused-ring (bicyclic) bond motifs is 1. The van der Waals surface area contributed by atoms with Gasteiger partial charge in [-0.3, -0.25) is 9.78 Å². The highest BCUT2D eigenvalue weighted by atomic mass is 35.5. The van der Waals surface area contributed by atoms with Crippen LogP contribution in [0.25, 0.3) is 0 Å². The van der Waals surface area contributed by atoms with Crippen LogP contribution in [0.5, 0.6) is 5.75 Å². The summed E-state index contributed by atoms with van der Waals surface area (Å²) in [7, 11) is 3.85. The molecular formula is C30H31ClN6O3. The van der Waals surface area contributed by atoms with Crippen molar-refractivity contribution in [1.29, 1.82) is 5.26 Å². The lowest BCUT2D eigenvalue weighted by Gasteiger charge is -2.34. The number of allylic oxidation sites excluding steroid dienone is 2. The summed E-state index contributed by atoms with van der Waals surface area (Å²) in [6, 6.07) is 13.2. The van der Waals surface area contributed by atoms with Crippen molar-refractivity contribution in [2.24, 2.45) is 0 Å². The van der Waals surface area contributed by atoms with Crippen LogP contribution in [-0.2, 0) is 16.1 Å². The van der Waals surface area contributed by atoms with Crippen LogP contribution in [0.2, 0.25) is 5.02 Å². The minimum atomic E-state index is -1.15. The Morgan fingerprint density at radius 2 is 2.15 bits per heavy atom. The average Bonchev–Trinajstić information content (AvgIpc) is 2.93. The molecule has 206 valence electrons. The largest absolute Gasteiger partial charge is 0.486 e. The van der Waals surface area contributed by atoms with Crippen LogP contribution in [0.1, 0.15) is 12.6 Å². The Labute approximate surface area is 239 Å². The molecule has 1 aromatic carbocycles. The summed E-state index contributed by atoms with van der Waals surface area (Å²) in [5.41, 5.74) is 2.72. The third kappa shape index (κ3) is 7.18. The fourth-order valence-electron chi connectivity index (χ4n) is 4.09. The van der Waals surface area contributed by atoms with Crippen LogP contribution < -0.4 is 20.7 Å². The monoisotopic (exact) mass is 558 g/mol. The number of anilines is 1. The molecule has 1 amide bonds. The second kappa shape index (κ2) is 13.1. The van der Waals surface area contributed by atoms with E-state index in [9.17, 15) is 10.1 Å². The number of ether oxygens (including phenoxy) is 2. The maximum Gasteiger partial charge on any atom is 0.246 e. The fourth-order valence-corrected chi connectivity index (χ4v) is 4.32. The number of hydrogen-bond donors (Lipinski definition) is 3. The number of benzene rings is 1. The first-order valence-corrected chi connectivity index (χ1v) is 13.1. The molecule has 0 spiro atoms. The normalized spacial score (nSPS) is 18.0. The molecule has 3 N–H and O–H groups in total. The summed E-state index contributed by atoms with van der Waals surface area (Å²) in [6.07, 6.45) is 12.0. The first kappa shape index (κ1) is 28.6. The maximum absolute atomic E-state index is 12.6. The first-order chi connectivity index (χ1) is 19.3. The lowest BCUT2D eigenvalue weighted by molar-refractivity contribution is -0.122. The molecule has 1 atom stereocenters. The van der Waals surface area contributed by atoms with Crippen molar-refractivity contribution in [3.63, 3.8) is 0 Å². The van der Waals surface area contributed by atoms with E-state index in [4.69, 9.17) is 21.1 Å². The SMILES string of the molecule is CCOC1(NC(=O)/C=C/CN(C)C)C=CC2=C(Nc3ccc(OCc4ccccn4)c(Cl)c3)C(C#N)=CNC2=C1. The van der Waals surface area contributed by atoms with Crippen molar-refractivity contribution in [2.75, 3.05) is 32.6 Å². The summed E-state index contributed by atoms with van der Waals surface area (Å²) in [4.78, 5) is 18.8. The second-order valence-corrected chi connectivity index (χ2v) is 9.66. The molecule has 9 nitrogen and oxygen atoms in total. The number of aromatic nitrogens is 1. The van der Waals surface area contributed by atoms with Crippen LogP contribution in [0.15, 0.2) is 102 Å². The Balaban J connectivity index is 1.55. The molecule has 40 heavy (non-hydrogen) atoms. The number of hydrogen-bond acceptors (Lipinski definition) is 8. The second-order valence-electron chi connectivity index (χ2n) is 9.25. The number of pyridine rings is 1. The van der Waals surface area contributed by atoms with Crippen LogP contribution in [-0.4, -0.2) is 48.8 Å². The molecular weight excluding hydrogens is 528 g/mol. The lowest BCUT2D eigenvalue weighted by Crippen LogP contribution is -2.49. The van der Waals surface area contributed by atoms with Crippen molar-refractivity contribution in [3.05, 3.63) is 112 Å². The minimum absolute atomic E-state index is 0.286. The topological polar surface area (TPSA) is 112 Å². The molecule has 4 rings (SSSR count). The van der Waals surface area contributed by atoms with E-state index in [2.05, 4.69) is 27.0 Å². The van der Waals surface area contributed by atoms with Gasteiger partial charge in [0.25, 0.3) is 0 Å². The average molecular weight is 559 g/mol. The molecule has 2 aliphatic rings. The molecule has 0 bridgehead atoms. The zero-order valence-corrected chi connectivity index (χ0v) is 23.3. The molecule has 2 heterocycles. The van der Waals surface area contributed by atoms with Crippen molar-refractivity contribution in [1.82, 2.24) is 20.5 Å². The number of carbonyl (C=O) groups is 1. The minimum Gasteiger partial charge on any atom is -0.486 e. The lowest BCUT2D eigenvalue weighted by atomic mass is 9.93. The summed E-state index contributed by atoms with van der Waals surface area (Å²) in [5, 5.41) is 19.6. The zero-order valence-electron chi connectivity index (χ0n) is 22.6. The van der Waals surface area contributed by atoms with Gasteiger partial charge < -0.3 is 30.3 Å². The van der Waals surface area contributed by atoms with E-state index >= 15 is 0 Å². The molecule has 1 aliphatic carbocycles. The van der Waals surface area contributed by atoms with Crippen molar-refractivity contribution in [3.8, 4) is 11.8 Å². The number of halogens is 1. The number of amides is 1. The predicted molar refractivity (Wildman–Crippen MR) is 155 cm³/mol. The van der Waals surface area contributed by atoms with Gasteiger partial charge in [-0.1, -0.05) is 23.7 Å². The first-order valence-electron chi connectivity index (χ1n) is 12.7. The number of dihydropyridines is 1. The standard InChI is InChI=1S/C30H31ClN6O3/c1-4-40-30(36-28(38)9-7-15-37(2)3)13-12-24-26(17-30)34-19-21(18-32)29(24)35-22-10-11-27(25(31)16-22)39-20-23-8-5-6-14-33-23/h5-14,16-17,19,34-35H,4,15,20H2,1-3H3,(H,36,38)/b9-7+. The van der Waals surface area contributed by atoms with Gasteiger partial charge >= 0.3 is 0 Å². The molecule has 2 aromatic rings. The number of nitriles is 1. The van der Waals surface area contributed by atoms with Gasteiger partial charge in [0.2, 0.25) is 5.91 Å². The van der Waals surface area contributed by atoms with Gasteiger partial charge in [0.1, 0.15) is 18.4 Å². The maximum atomic E-state index is 12.6. The molecule has 1 unspecified atom stereocenters. The highest BCUT2D eigenvalue weighted by molar-refractivity contribution is 6.32. The van der Waals surface area contributed by atoms with E-state index in [1.807, 2.05) is 56.3 Å². The molecule has 0 saturated carbocycles. The number of carbonyl (C=O) groups excluding carboxylic acids is 1. The fraction of sp³-hybridized carbons (Fsp3) is 0.233. The quantitative estimate of drug-likeness (QED) is 0.275. The van der Waals surface area contributed by atoms with Crippen LogP contribution in [0.4, 0.5) is 5.69 Å². The van der Waals surface area contributed by atoms with Gasteiger partial charge in [-0.15, -0.1) is 0 Å². The number of nitrogens with one attached hydrogen (secondary N) is 3. The van der Waals surface area contributed by atoms with Gasteiger partial charge in [0.05, 0.1) is 22.0 Å². The Morgan fingerprint density at radius 3 is 2.85 bits per heavy atom. The number of likely N-dealkylation sites (N-methyl/N-ethyl adjacent to an activating group) is 1. The molecule has 0 fully saturated rings. The Morgan fingerprint density at radius 1 is 1.30 bits per heavy atom. The van der Waals surface area contributed by atoms with Gasteiger partial charge in [-0.2, -0.15) is 5.26 Å². The summed E-state index contributed by atoms with van der Waals surface area (Å²) in [5.74, 6) is 0.235. The predicted octanol–water partition coefficient (Wildman–Crippen LogP) is 4.41. The zero-order chi connectivity index (χ0) is 28.5. The molecule has 0 saturated heterocycles. The van der Waals surface area contributed by atoms with Gasteiger partial charge in [-0.05, 0) is 69.6 Å². The van der Waals surface area contributed by atoms with E-state index in [1.165, 1.54) is 6.08 Å². The van der Waals surface area contributed by atoms with E-state index in [0.717, 1.165) is 11.3 Å². The van der Waals surface area contributed by atoms with E-state index in [1.54, 1.807) is 42.8 Å². The number of nitrogens with zero attached hydrogens (tertiary/aromatic N) is 3. The highest BCUT2D eigenvalue weighted by Gasteiger charge is 2.33. The van der Waals surface area contributed by atoms with E-state index < -0.39 is 5.72 Å². The Kier molecular flexibility index (Phi) is 9.40. The molecule has 1 aromatic heterocycles. The Hall–Kier alpha value is -4.36. The molecule has 10 heteroatoms. The smallest absolute Gasteiger partial charge is 0.246 e. The summed E-state index contributed by atoms with van der Waals surface area (Å²) >= 11 is 6.51. The van der Waals surface area contributed by atoms with Crippen LogP contribution in [0.3, 0.4) is 0 Å². The summed E-state index contributed by atoms with van der Waals surface area (Å²) in [6.45, 7) is 3.15. The molecule has 1 aliphatic heterocycles. The summed E-state index contributed by atoms with van der Waals surface area (Å²) < 4.78 is 11.8. The third-order valence-corrected chi connectivity index (χ3v) is 6.22. The molecule has 0 radical (unpaired) electrons. The van der Waals surface area contributed by atoms with Gasteiger partial charge in [0, 0.05) is 48.6 Å². The van der Waals surface area contributed by atoms with Crippen LogP contribution >= 0.6 is 11.6 Å². The van der Waals surface area contributed by atoms with Gasteiger partial charge in [0.15, 0.2) is 5.72 Å². The Bertz CT molecular complexity index is 1440. The van der Waals surface area contributed by atoms with Crippen molar-refractivity contribution < 1.29 is 14.3 Å².